The molecule has 12 heavy (non-hydrogen) atoms. The summed E-state index contributed by atoms with van der Waals surface area (Å²) in [7, 11) is 0. The van der Waals surface area contributed by atoms with Crippen LogP contribution in [0.4, 0.5) is 0 Å². The average Bonchev–Trinajstić information content (AvgIpc) is 2.05. The van der Waals surface area contributed by atoms with Gasteiger partial charge in [0.25, 0.3) is 0 Å². The number of hydrogen-bond donors (Lipinski definition) is 0. The molecule has 0 atom stereocenters. The molecule has 0 spiro atoms. The number of nitrogens with zero attached hydrogens (tertiary/aromatic N) is 1. The number of ether oxygens (including phenoxy) is 1. The van der Waals surface area contributed by atoms with Crippen LogP contribution in [0.25, 0.3) is 0 Å². The molecule has 1 aromatic rings. The van der Waals surface area contributed by atoms with E-state index in [4.69, 9.17) is 4.74 Å². The van der Waals surface area contributed by atoms with Crippen LogP contribution < -0.4 is 4.74 Å². The van der Waals surface area contributed by atoms with Crippen LogP contribution in [0.1, 0.15) is 0 Å². The third kappa shape index (κ3) is 3.13. The second-order valence-corrected chi connectivity index (χ2v) is 3.08. The van der Waals surface area contributed by atoms with E-state index in [1.807, 2.05) is 24.3 Å². The maximum atomic E-state index is 5.20. The normalized spacial score (nSPS) is 8.75. The highest BCUT2D eigenvalue weighted by molar-refractivity contribution is 9.10. The van der Waals surface area contributed by atoms with E-state index in [2.05, 4.69) is 38.3 Å². The Hall–Kier alpha value is -0.700. The van der Waals surface area contributed by atoms with Gasteiger partial charge in [-0.25, -0.2) is 0 Å². The molecule has 0 aliphatic rings. The molecule has 0 bridgehead atoms. The summed E-state index contributed by atoms with van der Waals surface area (Å²) in [5.41, 5.74) is 0. The molecule has 0 heterocycles. The standard InChI is InChI=1S/C8H6BrNOS/c9-7-2-1-3-8(4-7)11-5-10-6-12/h1-4H,5H2. The molecule has 0 saturated heterocycles. The molecule has 0 unspecified atom stereocenters. The monoisotopic (exact) mass is 243 g/mol. The summed E-state index contributed by atoms with van der Waals surface area (Å²) in [4.78, 5) is 3.62. The second-order valence-electron chi connectivity index (χ2n) is 1.98. The van der Waals surface area contributed by atoms with Gasteiger partial charge in [-0.05, 0) is 30.4 Å². The lowest BCUT2D eigenvalue weighted by atomic mass is 10.3. The van der Waals surface area contributed by atoms with Gasteiger partial charge in [0.1, 0.15) is 5.75 Å². The minimum Gasteiger partial charge on any atom is -0.471 e. The number of halogens is 1. The van der Waals surface area contributed by atoms with E-state index in [9.17, 15) is 0 Å². The van der Waals surface area contributed by atoms with Crippen molar-refractivity contribution in [1.29, 1.82) is 0 Å². The Balaban J connectivity index is 2.57. The molecule has 0 N–H and O–H groups in total. The largest absolute Gasteiger partial charge is 0.471 e. The van der Waals surface area contributed by atoms with Crippen molar-refractivity contribution in [3.63, 3.8) is 0 Å². The van der Waals surface area contributed by atoms with Crippen LogP contribution in [0.15, 0.2) is 33.7 Å². The van der Waals surface area contributed by atoms with E-state index in [1.54, 1.807) is 0 Å². The van der Waals surface area contributed by atoms with Crippen molar-refractivity contribution in [2.45, 2.75) is 0 Å². The van der Waals surface area contributed by atoms with Crippen molar-refractivity contribution in [3.8, 4) is 5.75 Å². The third-order valence-corrected chi connectivity index (χ3v) is 1.78. The van der Waals surface area contributed by atoms with Gasteiger partial charge in [0, 0.05) is 4.47 Å². The van der Waals surface area contributed by atoms with Crippen LogP contribution in [0.3, 0.4) is 0 Å². The van der Waals surface area contributed by atoms with Crippen molar-refractivity contribution in [3.05, 3.63) is 28.7 Å². The zero-order chi connectivity index (χ0) is 8.81. The molecule has 1 aromatic carbocycles. The van der Waals surface area contributed by atoms with Gasteiger partial charge in [-0.1, -0.05) is 22.0 Å². The lowest BCUT2D eigenvalue weighted by molar-refractivity contribution is 0.332. The maximum absolute atomic E-state index is 5.20. The van der Waals surface area contributed by atoms with Gasteiger partial charge in [0.15, 0.2) is 6.73 Å². The van der Waals surface area contributed by atoms with Crippen molar-refractivity contribution >= 4 is 33.3 Å². The Morgan fingerprint density at radius 1 is 1.58 bits per heavy atom. The van der Waals surface area contributed by atoms with E-state index >= 15 is 0 Å². The molecule has 0 fully saturated rings. The minimum atomic E-state index is 0.222. The van der Waals surface area contributed by atoms with E-state index < -0.39 is 0 Å². The minimum absolute atomic E-state index is 0.222. The summed E-state index contributed by atoms with van der Waals surface area (Å²) < 4.78 is 6.18. The van der Waals surface area contributed by atoms with Gasteiger partial charge in [0.2, 0.25) is 0 Å². The molecular formula is C8H6BrNOS. The SMILES string of the molecule is S=C=NCOc1cccc(Br)c1. The molecule has 0 aromatic heterocycles. The first-order valence-electron chi connectivity index (χ1n) is 3.25. The van der Waals surface area contributed by atoms with Crippen molar-refractivity contribution in [2.24, 2.45) is 4.99 Å². The molecular weight excluding hydrogens is 238 g/mol. The van der Waals surface area contributed by atoms with Gasteiger partial charge in [-0.2, -0.15) is 4.99 Å². The van der Waals surface area contributed by atoms with Gasteiger partial charge in [0.05, 0.1) is 5.16 Å². The Bertz CT molecular complexity index is 310. The van der Waals surface area contributed by atoms with E-state index in [0.717, 1.165) is 10.2 Å². The average molecular weight is 244 g/mol. The van der Waals surface area contributed by atoms with E-state index in [1.165, 1.54) is 0 Å². The van der Waals surface area contributed by atoms with E-state index in [-0.39, 0.29) is 6.73 Å². The topological polar surface area (TPSA) is 21.6 Å². The lowest BCUT2D eigenvalue weighted by Crippen LogP contribution is -1.92. The number of isothiocyanates is 1. The molecule has 1 rings (SSSR count). The Kier molecular flexibility index (Phi) is 3.94. The number of rotatable bonds is 3. The highest BCUT2D eigenvalue weighted by Gasteiger charge is 1.91. The number of thiocarbonyl (C=S) groups is 1. The van der Waals surface area contributed by atoms with Crippen LogP contribution in [-0.2, 0) is 0 Å². The van der Waals surface area contributed by atoms with Gasteiger partial charge in [-0.3, -0.25) is 0 Å². The summed E-state index contributed by atoms with van der Waals surface area (Å²) in [6, 6.07) is 7.53. The third-order valence-electron chi connectivity index (χ3n) is 1.16. The molecule has 0 aliphatic carbocycles. The first-order valence-corrected chi connectivity index (χ1v) is 4.45. The molecule has 4 heteroatoms. The number of aliphatic imine (C=N–C) groups is 1. The zero-order valence-electron chi connectivity index (χ0n) is 6.16. The second kappa shape index (κ2) is 5.04. The Morgan fingerprint density at radius 2 is 2.42 bits per heavy atom. The molecule has 0 amide bonds. The van der Waals surface area contributed by atoms with E-state index in [0.29, 0.717) is 0 Å². The van der Waals surface area contributed by atoms with Crippen molar-refractivity contribution < 1.29 is 4.74 Å². The number of hydrogen-bond acceptors (Lipinski definition) is 3. The fraction of sp³-hybridized carbons (Fsp3) is 0.125. The smallest absolute Gasteiger partial charge is 0.188 e. The zero-order valence-corrected chi connectivity index (χ0v) is 8.56. The highest BCUT2D eigenvalue weighted by Crippen LogP contribution is 2.17. The predicted octanol–water partition coefficient (Wildman–Crippen LogP) is 2.89. The van der Waals surface area contributed by atoms with Crippen molar-refractivity contribution in [1.82, 2.24) is 0 Å². The molecule has 0 radical (unpaired) electrons. The maximum Gasteiger partial charge on any atom is 0.188 e. The van der Waals surface area contributed by atoms with Crippen LogP contribution >= 0.6 is 28.1 Å². The first kappa shape index (κ1) is 9.39. The fourth-order valence-electron chi connectivity index (χ4n) is 0.690. The summed E-state index contributed by atoms with van der Waals surface area (Å²) in [5, 5.41) is 2.22. The predicted molar refractivity (Wildman–Crippen MR) is 54.7 cm³/mol. The van der Waals surface area contributed by atoms with Crippen LogP contribution in [0.5, 0.6) is 5.75 Å². The quantitative estimate of drug-likeness (QED) is 0.602. The Morgan fingerprint density at radius 3 is 3.08 bits per heavy atom. The fourth-order valence-corrected chi connectivity index (χ4v) is 1.12. The summed E-state index contributed by atoms with van der Waals surface area (Å²) in [5.74, 6) is 0.762. The first-order chi connectivity index (χ1) is 5.83. The summed E-state index contributed by atoms with van der Waals surface area (Å²) >= 11 is 7.71. The Labute approximate surface area is 84.4 Å². The van der Waals surface area contributed by atoms with Crippen LogP contribution in [-0.4, -0.2) is 11.9 Å². The molecule has 2 nitrogen and oxygen atoms in total. The van der Waals surface area contributed by atoms with Crippen LogP contribution in [0, 0.1) is 0 Å². The summed E-state index contributed by atoms with van der Waals surface area (Å²) in [6.07, 6.45) is 0. The number of benzene rings is 1. The van der Waals surface area contributed by atoms with Crippen LogP contribution in [0.2, 0.25) is 0 Å². The summed E-state index contributed by atoms with van der Waals surface area (Å²) in [6.45, 7) is 0.222. The lowest BCUT2D eigenvalue weighted by Gasteiger charge is -2.00. The molecule has 0 saturated carbocycles. The van der Waals surface area contributed by atoms with Crippen molar-refractivity contribution in [2.75, 3.05) is 6.73 Å². The highest BCUT2D eigenvalue weighted by atomic mass is 79.9. The molecule has 62 valence electrons. The van der Waals surface area contributed by atoms with Gasteiger partial charge < -0.3 is 4.74 Å². The van der Waals surface area contributed by atoms with Gasteiger partial charge in [-0.15, -0.1) is 0 Å². The molecule has 0 aliphatic heterocycles. The van der Waals surface area contributed by atoms with Gasteiger partial charge >= 0.3 is 0 Å².